The molecule has 0 radical (unpaired) electrons. The molecule has 2 rings (SSSR count). The van der Waals surface area contributed by atoms with Crippen LogP contribution in [-0.4, -0.2) is 26.6 Å². The van der Waals surface area contributed by atoms with Crippen molar-refractivity contribution in [3.05, 3.63) is 29.9 Å². The van der Waals surface area contributed by atoms with Crippen molar-refractivity contribution < 1.29 is 9.18 Å². The summed E-state index contributed by atoms with van der Waals surface area (Å²) in [6.45, 7) is 15.6. The zero-order chi connectivity index (χ0) is 16.3. The average Bonchev–Trinajstić information content (AvgIpc) is 2.85. The van der Waals surface area contributed by atoms with Gasteiger partial charge in [0.05, 0.1) is 24.0 Å². The number of hydrogen-bond donors (Lipinski definition) is 0. The molecule has 0 aliphatic carbocycles. The molecule has 0 N–H and O–H groups in total. The topological polar surface area (TPSA) is 38.1 Å². The van der Waals surface area contributed by atoms with Gasteiger partial charge in [0.25, 0.3) is 5.91 Å². The number of nitrogens with zero attached hydrogens (tertiary/aromatic N) is 3. The maximum Gasteiger partial charge on any atom is 0.282 e. The molecule has 0 bridgehead atoms. The van der Waals surface area contributed by atoms with E-state index < -0.39 is 11.7 Å². The molecule has 0 spiro atoms. The van der Waals surface area contributed by atoms with E-state index in [1.54, 1.807) is 4.90 Å². The highest BCUT2D eigenvalue weighted by molar-refractivity contribution is 5.91. The maximum absolute atomic E-state index is 13.1. The van der Waals surface area contributed by atoms with Gasteiger partial charge in [-0.15, -0.1) is 0 Å². The van der Waals surface area contributed by atoms with E-state index in [9.17, 15) is 9.18 Å². The van der Waals surface area contributed by atoms with Crippen molar-refractivity contribution >= 4 is 5.91 Å². The maximum atomic E-state index is 13.1. The Morgan fingerprint density at radius 2 is 2.00 bits per heavy atom. The number of hydrogen-bond acceptors (Lipinski definition) is 2. The second kappa shape index (κ2) is 6.87. The Labute approximate surface area is 126 Å². The van der Waals surface area contributed by atoms with Crippen LogP contribution in [0.1, 0.15) is 64.9 Å². The Morgan fingerprint density at radius 3 is 2.48 bits per heavy atom. The Balaban J connectivity index is 0.00000106. The molecule has 0 saturated heterocycles. The van der Waals surface area contributed by atoms with E-state index in [-0.39, 0.29) is 12.1 Å². The van der Waals surface area contributed by atoms with Crippen molar-refractivity contribution in [1.29, 1.82) is 0 Å². The van der Waals surface area contributed by atoms with Crippen LogP contribution in [0.3, 0.4) is 0 Å². The lowest BCUT2D eigenvalue weighted by Gasteiger charge is -2.38. The predicted molar refractivity (Wildman–Crippen MR) is 82.6 cm³/mol. The van der Waals surface area contributed by atoms with Gasteiger partial charge in [0.1, 0.15) is 0 Å². The summed E-state index contributed by atoms with van der Waals surface area (Å²) in [5.74, 6) is -1.20. The zero-order valence-electron chi connectivity index (χ0n) is 13.9. The van der Waals surface area contributed by atoms with Gasteiger partial charge < -0.3 is 4.90 Å². The SMILES string of the molecule is C=C(F)C(=O)N1C(C)Cn2nc(C(C)C)cc2C1C.CC. The molecule has 2 unspecified atom stereocenters. The molecule has 1 amide bonds. The van der Waals surface area contributed by atoms with Gasteiger partial charge in [-0.2, -0.15) is 5.10 Å². The van der Waals surface area contributed by atoms with Gasteiger partial charge in [-0.1, -0.05) is 34.3 Å². The van der Waals surface area contributed by atoms with E-state index in [1.807, 2.05) is 38.4 Å². The van der Waals surface area contributed by atoms with Gasteiger partial charge in [0, 0.05) is 6.04 Å². The van der Waals surface area contributed by atoms with Crippen molar-refractivity contribution in [3.63, 3.8) is 0 Å². The summed E-state index contributed by atoms with van der Waals surface area (Å²) in [6.07, 6.45) is 0. The van der Waals surface area contributed by atoms with E-state index in [0.29, 0.717) is 12.5 Å². The fraction of sp³-hybridized carbons (Fsp3) is 0.625. The normalized spacial score (nSPS) is 20.7. The molecule has 2 atom stereocenters. The molecule has 4 nitrogen and oxygen atoms in total. The molecule has 21 heavy (non-hydrogen) atoms. The summed E-state index contributed by atoms with van der Waals surface area (Å²) in [5, 5.41) is 4.55. The van der Waals surface area contributed by atoms with E-state index in [4.69, 9.17) is 0 Å². The summed E-state index contributed by atoms with van der Waals surface area (Å²) in [5.41, 5.74) is 1.96. The minimum atomic E-state index is -0.907. The molecule has 118 valence electrons. The fourth-order valence-electron chi connectivity index (χ4n) is 2.60. The summed E-state index contributed by atoms with van der Waals surface area (Å²) in [7, 11) is 0. The number of carbonyl (C=O) groups is 1. The van der Waals surface area contributed by atoms with Crippen LogP contribution in [0.4, 0.5) is 4.39 Å². The third kappa shape index (κ3) is 3.34. The number of rotatable bonds is 2. The first kappa shape index (κ1) is 17.4. The van der Waals surface area contributed by atoms with Crippen LogP contribution >= 0.6 is 0 Å². The quantitative estimate of drug-likeness (QED) is 0.778. The van der Waals surface area contributed by atoms with Crippen molar-refractivity contribution in [3.8, 4) is 0 Å². The van der Waals surface area contributed by atoms with Gasteiger partial charge in [0.2, 0.25) is 0 Å². The Kier molecular flexibility index (Phi) is 5.70. The first-order valence-corrected chi connectivity index (χ1v) is 7.57. The summed E-state index contributed by atoms with van der Waals surface area (Å²) < 4.78 is 15.1. The minimum absolute atomic E-state index is 0.0950. The van der Waals surface area contributed by atoms with Gasteiger partial charge in [-0.25, -0.2) is 4.39 Å². The molecular formula is C16H26FN3O. The Morgan fingerprint density at radius 1 is 1.43 bits per heavy atom. The van der Waals surface area contributed by atoms with Crippen LogP contribution in [0, 0.1) is 0 Å². The fourth-order valence-corrected chi connectivity index (χ4v) is 2.60. The van der Waals surface area contributed by atoms with Crippen LogP contribution in [0.25, 0.3) is 0 Å². The molecule has 0 fully saturated rings. The highest BCUT2D eigenvalue weighted by atomic mass is 19.1. The third-order valence-corrected chi connectivity index (χ3v) is 3.65. The summed E-state index contributed by atoms with van der Waals surface area (Å²) in [6, 6.07) is 1.72. The molecular weight excluding hydrogens is 269 g/mol. The molecule has 0 saturated carbocycles. The predicted octanol–water partition coefficient (Wildman–Crippen LogP) is 3.81. The highest BCUT2D eigenvalue weighted by Crippen LogP contribution is 2.31. The highest BCUT2D eigenvalue weighted by Gasteiger charge is 2.35. The molecule has 1 aliphatic rings. The second-order valence-electron chi connectivity index (χ2n) is 5.47. The molecule has 1 aliphatic heterocycles. The molecule has 5 heteroatoms. The monoisotopic (exact) mass is 295 g/mol. The Bertz CT molecular complexity index is 522. The van der Waals surface area contributed by atoms with E-state index in [2.05, 4.69) is 25.5 Å². The first-order chi connectivity index (χ1) is 9.82. The van der Waals surface area contributed by atoms with E-state index in [0.717, 1.165) is 11.4 Å². The summed E-state index contributed by atoms with van der Waals surface area (Å²) >= 11 is 0. The van der Waals surface area contributed by atoms with Crippen LogP contribution in [0.2, 0.25) is 0 Å². The third-order valence-electron chi connectivity index (χ3n) is 3.65. The van der Waals surface area contributed by atoms with Crippen molar-refractivity contribution in [2.24, 2.45) is 0 Å². The zero-order valence-corrected chi connectivity index (χ0v) is 13.9. The molecule has 1 aromatic heterocycles. The lowest BCUT2D eigenvalue weighted by molar-refractivity contribution is -0.134. The minimum Gasteiger partial charge on any atom is -0.324 e. The molecule has 2 heterocycles. The standard InChI is InChI=1S/C14H20FN3O.C2H6/c1-8(2)12-6-13-11(5)18(14(19)10(4)15)9(3)7-17(13)16-12;1-2/h6,8-9,11H,4,7H2,1-3,5H3;1-2H3. The summed E-state index contributed by atoms with van der Waals surface area (Å²) in [4.78, 5) is 13.4. The van der Waals surface area contributed by atoms with Crippen molar-refractivity contribution in [2.45, 2.75) is 66.1 Å². The lowest BCUT2D eigenvalue weighted by Crippen LogP contribution is -2.47. The molecule has 0 aromatic carbocycles. The number of halogens is 1. The van der Waals surface area contributed by atoms with Crippen LogP contribution < -0.4 is 0 Å². The van der Waals surface area contributed by atoms with Gasteiger partial charge in [-0.3, -0.25) is 9.48 Å². The number of aromatic nitrogens is 2. The van der Waals surface area contributed by atoms with Crippen LogP contribution in [0.5, 0.6) is 0 Å². The average molecular weight is 295 g/mol. The van der Waals surface area contributed by atoms with E-state index >= 15 is 0 Å². The number of fused-ring (bicyclic) bond motifs is 1. The first-order valence-electron chi connectivity index (χ1n) is 7.57. The molecule has 1 aromatic rings. The Hall–Kier alpha value is -1.65. The van der Waals surface area contributed by atoms with E-state index in [1.165, 1.54) is 0 Å². The smallest absolute Gasteiger partial charge is 0.282 e. The number of amides is 1. The van der Waals surface area contributed by atoms with Gasteiger partial charge in [-0.05, 0) is 25.8 Å². The van der Waals surface area contributed by atoms with Gasteiger partial charge in [0.15, 0.2) is 5.83 Å². The largest absolute Gasteiger partial charge is 0.324 e. The van der Waals surface area contributed by atoms with Crippen molar-refractivity contribution in [2.75, 3.05) is 0 Å². The lowest BCUT2D eigenvalue weighted by atomic mass is 10.0. The second-order valence-corrected chi connectivity index (χ2v) is 5.47. The van der Waals surface area contributed by atoms with Gasteiger partial charge >= 0.3 is 0 Å². The van der Waals surface area contributed by atoms with Crippen LogP contribution in [-0.2, 0) is 11.3 Å². The van der Waals surface area contributed by atoms with Crippen molar-refractivity contribution in [1.82, 2.24) is 14.7 Å². The van der Waals surface area contributed by atoms with Crippen LogP contribution in [0.15, 0.2) is 18.5 Å². The number of carbonyl (C=O) groups excluding carboxylic acids is 1.